The van der Waals surface area contributed by atoms with E-state index in [0.29, 0.717) is 25.3 Å². The first-order valence-electron chi connectivity index (χ1n) is 11.9. The maximum absolute atomic E-state index is 15.6. The van der Waals surface area contributed by atoms with Crippen LogP contribution in [0.15, 0.2) is 36.4 Å². The number of piperidine rings is 2. The van der Waals surface area contributed by atoms with Crippen LogP contribution in [-0.4, -0.2) is 50.3 Å². The third-order valence-electron chi connectivity index (χ3n) is 7.33. The number of rotatable bonds is 7. The average Bonchev–Trinajstić information content (AvgIpc) is 3.56. The maximum atomic E-state index is 15.6. The molecule has 2 atom stereocenters. The zero-order chi connectivity index (χ0) is 24.9. The highest BCUT2D eigenvalue weighted by atomic mass is 32.2. The summed E-state index contributed by atoms with van der Waals surface area (Å²) in [6.07, 6.45) is 4.66. The highest BCUT2D eigenvalue weighted by molar-refractivity contribution is 7.88. The molecule has 0 aromatic heterocycles. The molecule has 2 heterocycles. The first-order valence-corrected chi connectivity index (χ1v) is 13.8. The molecule has 35 heavy (non-hydrogen) atoms. The van der Waals surface area contributed by atoms with Gasteiger partial charge in [0.25, 0.3) is 0 Å². The van der Waals surface area contributed by atoms with E-state index < -0.39 is 39.6 Å². The second kappa shape index (κ2) is 9.13. The predicted molar refractivity (Wildman–Crippen MR) is 125 cm³/mol. The molecule has 4 fully saturated rings. The monoisotopic (exact) mass is 507 g/mol. The lowest BCUT2D eigenvalue weighted by molar-refractivity contribution is -0.0243. The number of carbonyl (C=O) groups is 1. The normalized spacial score (nSPS) is 25.8. The summed E-state index contributed by atoms with van der Waals surface area (Å²) in [7, 11) is -3.58. The van der Waals surface area contributed by atoms with Crippen LogP contribution in [0.5, 0.6) is 0 Å². The lowest BCUT2D eigenvalue weighted by atomic mass is 9.67. The number of nitrogens with one attached hydrogen (secondary N) is 2. The van der Waals surface area contributed by atoms with Crippen molar-refractivity contribution in [3.8, 4) is 11.1 Å². The quantitative estimate of drug-likeness (QED) is 0.598. The van der Waals surface area contributed by atoms with Crippen molar-refractivity contribution in [2.75, 3.05) is 12.8 Å². The van der Waals surface area contributed by atoms with E-state index in [0.717, 1.165) is 37.3 Å². The van der Waals surface area contributed by atoms with Crippen molar-refractivity contribution >= 4 is 16.1 Å². The van der Waals surface area contributed by atoms with Gasteiger partial charge in [0.2, 0.25) is 10.0 Å². The van der Waals surface area contributed by atoms with E-state index in [1.807, 2.05) is 0 Å². The lowest BCUT2D eigenvalue weighted by Crippen LogP contribution is -2.71. The highest BCUT2D eigenvalue weighted by Crippen LogP contribution is 2.44. The minimum absolute atomic E-state index is 0.0367. The first-order chi connectivity index (χ1) is 16.6. The highest BCUT2D eigenvalue weighted by Gasteiger charge is 2.53. The third-order valence-corrected chi connectivity index (χ3v) is 8.03. The summed E-state index contributed by atoms with van der Waals surface area (Å²) in [5.74, 6) is -1.74. The fraction of sp³-hybridized carbons (Fsp3) is 0.480. The molecule has 6 rings (SSSR count). The smallest absolute Gasteiger partial charge is 0.317 e. The van der Waals surface area contributed by atoms with Crippen molar-refractivity contribution in [1.29, 1.82) is 0 Å². The summed E-state index contributed by atoms with van der Waals surface area (Å²) in [6.45, 7) is 0.567. The second-order valence-corrected chi connectivity index (χ2v) is 11.8. The zero-order valence-corrected chi connectivity index (χ0v) is 20.1. The van der Waals surface area contributed by atoms with Gasteiger partial charge in [-0.3, -0.25) is 0 Å². The van der Waals surface area contributed by atoms with Crippen LogP contribution in [0.3, 0.4) is 0 Å². The number of sulfonamides is 1. The van der Waals surface area contributed by atoms with E-state index in [9.17, 15) is 22.0 Å². The van der Waals surface area contributed by atoms with E-state index in [1.165, 1.54) is 6.07 Å². The van der Waals surface area contributed by atoms with Gasteiger partial charge in [-0.2, -0.15) is 0 Å². The summed E-state index contributed by atoms with van der Waals surface area (Å²) in [5.41, 5.74) is 0.358. The lowest BCUT2D eigenvalue weighted by Gasteiger charge is -2.57. The molecule has 0 unspecified atom stereocenters. The Balaban J connectivity index is 1.47. The van der Waals surface area contributed by atoms with Gasteiger partial charge >= 0.3 is 6.03 Å². The van der Waals surface area contributed by atoms with Crippen LogP contribution in [0, 0.1) is 29.3 Å². The van der Waals surface area contributed by atoms with Gasteiger partial charge in [-0.05, 0) is 67.2 Å². The first kappa shape index (κ1) is 24.1. The summed E-state index contributed by atoms with van der Waals surface area (Å²) in [6, 6.07) is 5.98. The van der Waals surface area contributed by atoms with E-state index >= 15 is 4.39 Å². The summed E-state index contributed by atoms with van der Waals surface area (Å²) < 4.78 is 70.2. The van der Waals surface area contributed by atoms with Crippen LogP contribution in [-0.2, 0) is 16.4 Å². The molecular formula is C25H28F3N3O3S. The molecule has 6 nitrogen and oxygen atoms in total. The minimum atomic E-state index is -3.58. The minimum Gasteiger partial charge on any atom is -0.338 e. The van der Waals surface area contributed by atoms with Crippen molar-refractivity contribution in [2.45, 2.75) is 50.2 Å². The number of halogens is 3. The van der Waals surface area contributed by atoms with Crippen LogP contribution in [0.4, 0.5) is 18.0 Å². The molecular weight excluding hydrogens is 479 g/mol. The Morgan fingerprint density at radius 1 is 1.09 bits per heavy atom. The molecule has 2 N–H and O–H groups in total. The predicted octanol–water partition coefficient (Wildman–Crippen LogP) is 3.81. The summed E-state index contributed by atoms with van der Waals surface area (Å²) in [4.78, 5) is 14.9. The number of nitrogens with zero attached hydrogens (tertiary/aromatic N) is 1. The van der Waals surface area contributed by atoms with Crippen LogP contribution in [0.1, 0.15) is 31.2 Å². The van der Waals surface area contributed by atoms with Crippen molar-refractivity contribution in [3.05, 3.63) is 59.4 Å². The Morgan fingerprint density at radius 2 is 1.77 bits per heavy atom. The molecule has 188 valence electrons. The fourth-order valence-electron chi connectivity index (χ4n) is 5.41. The van der Waals surface area contributed by atoms with Crippen molar-refractivity contribution in [1.82, 2.24) is 14.9 Å². The van der Waals surface area contributed by atoms with Crippen LogP contribution >= 0.6 is 0 Å². The number of fused-ring (bicyclic) bond motifs is 2. The van der Waals surface area contributed by atoms with Gasteiger partial charge in [-0.1, -0.05) is 18.2 Å². The topological polar surface area (TPSA) is 78.5 Å². The van der Waals surface area contributed by atoms with Crippen molar-refractivity contribution < 1.29 is 26.4 Å². The molecule has 2 bridgehead atoms. The SMILES string of the molecule is CS(=O)(=O)N[C@H]1C2CC(C2)N(C(=O)NCC2CC2)[C@H]1Cc1cccc(-c2cc(F)cc(F)c2)c1F. The Morgan fingerprint density at radius 3 is 2.40 bits per heavy atom. The van der Waals surface area contributed by atoms with E-state index in [-0.39, 0.29) is 41.1 Å². The standard InChI is InChI=1S/C25H28F3N3O3S/c1-35(33,34)30-24-17-9-20(10-17)31(25(32)29-13-14-5-6-14)22(24)11-15-3-2-4-21(23(15)28)16-7-18(26)12-19(27)8-16/h2-4,7-8,12,14,17,20,22,24,30H,5-6,9-11,13H2,1H3,(H,29,32)/t17?,20?,22-,24-/m0/s1. The molecule has 2 amide bonds. The van der Waals surface area contributed by atoms with Crippen molar-refractivity contribution in [2.24, 2.45) is 11.8 Å². The zero-order valence-electron chi connectivity index (χ0n) is 19.3. The number of amides is 2. The number of hydrogen-bond donors (Lipinski definition) is 2. The van der Waals surface area contributed by atoms with E-state index in [2.05, 4.69) is 10.0 Å². The number of carbonyl (C=O) groups excluding carboxylic acids is 1. The Kier molecular flexibility index (Phi) is 6.29. The van der Waals surface area contributed by atoms with Gasteiger partial charge < -0.3 is 10.2 Å². The molecule has 10 heteroatoms. The number of benzene rings is 2. The molecule has 0 radical (unpaired) electrons. The van der Waals surface area contributed by atoms with E-state index in [4.69, 9.17) is 0 Å². The van der Waals surface area contributed by atoms with Gasteiger partial charge in [0.1, 0.15) is 17.5 Å². The van der Waals surface area contributed by atoms with E-state index in [1.54, 1.807) is 17.0 Å². The van der Waals surface area contributed by atoms with Crippen LogP contribution in [0.25, 0.3) is 11.1 Å². The third kappa shape index (κ3) is 5.18. The summed E-state index contributed by atoms with van der Waals surface area (Å²) in [5, 5.41) is 2.97. The van der Waals surface area contributed by atoms with Crippen molar-refractivity contribution in [3.63, 3.8) is 0 Å². The van der Waals surface area contributed by atoms with Crippen LogP contribution < -0.4 is 10.0 Å². The molecule has 2 aliphatic carbocycles. The van der Waals surface area contributed by atoms with Gasteiger partial charge in [0.15, 0.2) is 0 Å². The Hall–Kier alpha value is -2.59. The molecule has 2 saturated carbocycles. The van der Waals surface area contributed by atoms with Crippen LogP contribution in [0.2, 0.25) is 0 Å². The molecule has 2 aromatic rings. The largest absolute Gasteiger partial charge is 0.338 e. The Bertz CT molecular complexity index is 1230. The molecule has 2 saturated heterocycles. The summed E-state index contributed by atoms with van der Waals surface area (Å²) >= 11 is 0. The van der Waals surface area contributed by atoms with Gasteiger partial charge in [-0.25, -0.2) is 31.1 Å². The molecule has 0 spiro atoms. The number of urea groups is 1. The van der Waals surface area contributed by atoms with Gasteiger partial charge in [-0.15, -0.1) is 0 Å². The molecule has 4 aliphatic rings. The fourth-order valence-corrected chi connectivity index (χ4v) is 6.26. The molecule has 2 aliphatic heterocycles. The maximum Gasteiger partial charge on any atom is 0.317 e. The average molecular weight is 508 g/mol. The Labute approximate surface area is 202 Å². The van der Waals surface area contributed by atoms with Gasteiger partial charge in [0.05, 0.1) is 12.3 Å². The van der Waals surface area contributed by atoms with Gasteiger partial charge in [0, 0.05) is 30.3 Å². The molecule has 2 aromatic carbocycles. The number of hydrogen-bond acceptors (Lipinski definition) is 3. The second-order valence-electron chi connectivity index (χ2n) is 10.0.